The number of carbonyl (C=O) groups excluding carboxylic acids is 1. The topological polar surface area (TPSA) is 102 Å². The van der Waals surface area contributed by atoms with E-state index in [0.717, 1.165) is 0 Å². The highest BCUT2D eigenvalue weighted by molar-refractivity contribution is 7.90. The summed E-state index contributed by atoms with van der Waals surface area (Å²) in [4.78, 5) is 12.4. The maximum Gasteiger partial charge on any atom is 0.491 e. The van der Waals surface area contributed by atoms with Crippen molar-refractivity contribution in [3.63, 3.8) is 0 Å². The van der Waals surface area contributed by atoms with Gasteiger partial charge in [-0.2, -0.15) is 0 Å². The Hall–Kier alpha value is -2.36. The van der Waals surface area contributed by atoms with Gasteiger partial charge in [-0.3, -0.25) is 4.79 Å². The van der Waals surface area contributed by atoms with Crippen molar-refractivity contribution in [3.05, 3.63) is 53.6 Å². The second kappa shape index (κ2) is 6.27. The third kappa shape index (κ3) is 3.01. The van der Waals surface area contributed by atoms with Crippen LogP contribution in [0.2, 0.25) is 0 Å². The Labute approximate surface area is 139 Å². The van der Waals surface area contributed by atoms with Crippen molar-refractivity contribution in [3.8, 4) is 5.75 Å². The molecule has 0 atom stereocenters. The van der Waals surface area contributed by atoms with Gasteiger partial charge in [-0.25, -0.2) is 13.1 Å². The summed E-state index contributed by atoms with van der Waals surface area (Å²) in [7, 11) is -3.79. The van der Waals surface area contributed by atoms with Gasteiger partial charge in [0.15, 0.2) is 0 Å². The Balaban J connectivity index is 1.95. The molecule has 0 saturated carbocycles. The smallest absolute Gasteiger partial charge is 0.491 e. The third-order valence-corrected chi connectivity index (χ3v) is 5.00. The molecule has 7 nitrogen and oxygen atoms in total. The summed E-state index contributed by atoms with van der Waals surface area (Å²) in [6, 6.07) is 10.5. The van der Waals surface area contributed by atoms with Gasteiger partial charge in [0.05, 0.1) is 24.2 Å². The van der Waals surface area contributed by atoms with Crippen LogP contribution in [-0.4, -0.2) is 33.6 Å². The number of ether oxygens (including phenoxy) is 1. The summed E-state index contributed by atoms with van der Waals surface area (Å²) in [6.07, 6.45) is 0. The SMILES string of the molecule is COc1cc2c(cc1C(=O)NS(=O)(=O)c1ccccc1)B(O)OC2. The lowest BCUT2D eigenvalue weighted by molar-refractivity contribution is 0.0978. The second-order valence-corrected chi connectivity index (χ2v) is 6.84. The summed E-state index contributed by atoms with van der Waals surface area (Å²) < 4.78 is 36.8. The summed E-state index contributed by atoms with van der Waals surface area (Å²) in [5, 5.41) is 9.75. The minimum absolute atomic E-state index is 0.000283. The number of hydrogen-bond acceptors (Lipinski definition) is 6. The van der Waals surface area contributed by atoms with Crippen molar-refractivity contribution >= 4 is 28.5 Å². The fraction of sp³-hybridized carbons (Fsp3) is 0.133. The number of carbonyl (C=O) groups is 1. The van der Waals surface area contributed by atoms with Crippen LogP contribution in [0.4, 0.5) is 0 Å². The molecule has 2 aromatic carbocycles. The van der Waals surface area contributed by atoms with Gasteiger partial charge in [-0.1, -0.05) is 18.2 Å². The zero-order valence-electron chi connectivity index (χ0n) is 12.7. The van der Waals surface area contributed by atoms with Crippen LogP contribution in [0.5, 0.6) is 5.75 Å². The van der Waals surface area contributed by atoms with Crippen LogP contribution in [0, 0.1) is 0 Å². The lowest BCUT2D eigenvalue weighted by Crippen LogP contribution is -2.33. The van der Waals surface area contributed by atoms with Crippen molar-refractivity contribution < 1.29 is 27.6 Å². The summed E-state index contributed by atoms with van der Waals surface area (Å²) in [6.45, 7) is 0.192. The lowest BCUT2D eigenvalue weighted by atomic mass is 9.78. The number of nitrogens with one attached hydrogen (secondary N) is 1. The standard InChI is InChI=1S/C15H14BNO6S/c1-22-14-7-10-9-23-16(19)13(10)8-12(14)15(18)17-24(20,21)11-5-3-2-4-6-11/h2-8,19H,9H2,1H3,(H,17,18). The molecule has 0 radical (unpaired) electrons. The number of amides is 1. The van der Waals surface area contributed by atoms with E-state index in [1.54, 1.807) is 24.3 Å². The molecule has 2 aromatic rings. The number of fused-ring (bicyclic) bond motifs is 1. The van der Waals surface area contributed by atoms with Gasteiger partial charge in [-0.05, 0) is 35.3 Å². The zero-order chi connectivity index (χ0) is 17.3. The first-order chi connectivity index (χ1) is 11.4. The Kier molecular flexibility index (Phi) is 4.31. The van der Waals surface area contributed by atoms with Gasteiger partial charge in [0, 0.05) is 0 Å². The first-order valence-corrected chi connectivity index (χ1v) is 8.53. The van der Waals surface area contributed by atoms with Crippen molar-refractivity contribution in [1.29, 1.82) is 0 Å². The van der Waals surface area contributed by atoms with Crippen LogP contribution in [0.25, 0.3) is 0 Å². The zero-order valence-corrected chi connectivity index (χ0v) is 13.5. The molecular weight excluding hydrogens is 333 g/mol. The normalized spacial score (nSPS) is 13.5. The quantitative estimate of drug-likeness (QED) is 0.757. The highest BCUT2D eigenvalue weighted by Crippen LogP contribution is 2.23. The number of methoxy groups -OCH3 is 1. The highest BCUT2D eigenvalue weighted by Gasteiger charge is 2.31. The van der Waals surface area contributed by atoms with Crippen molar-refractivity contribution in [1.82, 2.24) is 4.72 Å². The van der Waals surface area contributed by atoms with Crippen LogP contribution in [0.3, 0.4) is 0 Å². The van der Waals surface area contributed by atoms with Gasteiger partial charge in [0.1, 0.15) is 5.75 Å². The highest BCUT2D eigenvalue weighted by atomic mass is 32.2. The molecule has 3 rings (SSSR count). The predicted molar refractivity (Wildman–Crippen MR) is 86.5 cm³/mol. The fourth-order valence-electron chi connectivity index (χ4n) is 2.43. The molecule has 0 bridgehead atoms. The van der Waals surface area contributed by atoms with Gasteiger partial charge >= 0.3 is 7.12 Å². The molecule has 9 heteroatoms. The van der Waals surface area contributed by atoms with E-state index >= 15 is 0 Å². The number of hydrogen-bond donors (Lipinski definition) is 2. The summed E-state index contributed by atoms with van der Waals surface area (Å²) in [5.41, 5.74) is 1.10. The molecule has 0 aromatic heterocycles. The van der Waals surface area contributed by atoms with E-state index in [2.05, 4.69) is 0 Å². The molecule has 0 fully saturated rings. The average Bonchev–Trinajstić information content (AvgIpc) is 2.94. The van der Waals surface area contributed by atoms with Gasteiger partial charge in [0.25, 0.3) is 15.9 Å². The minimum Gasteiger partial charge on any atom is -0.496 e. The summed E-state index contributed by atoms with van der Waals surface area (Å²) in [5.74, 6) is -0.648. The molecule has 0 aliphatic carbocycles. The Morgan fingerprint density at radius 2 is 2.00 bits per heavy atom. The van der Waals surface area contributed by atoms with Gasteiger partial charge in [-0.15, -0.1) is 0 Å². The Morgan fingerprint density at radius 1 is 1.29 bits per heavy atom. The largest absolute Gasteiger partial charge is 0.496 e. The molecular formula is C15H14BNO6S. The van der Waals surface area contributed by atoms with E-state index in [9.17, 15) is 18.2 Å². The molecule has 0 unspecified atom stereocenters. The molecule has 0 spiro atoms. The Bertz CT molecular complexity index is 884. The maximum absolute atomic E-state index is 12.4. The second-order valence-electron chi connectivity index (χ2n) is 5.16. The third-order valence-electron chi connectivity index (χ3n) is 3.65. The molecule has 124 valence electrons. The number of sulfonamides is 1. The van der Waals surface area contributed by atoms with Gasteiger partial charge < -0.3 is 14.4 Å². The Morgan fingerprint density at radius 3 is 2.67 bits per heavy atom. The first kappa shape index (κ1) is 16.5. The monoisotopic (exact) mass is 347 g/mol. The molecule has 1 amide bonds. The van der Waals surface area contributed by atoms with Crippen molar-refractivity contribution in [2.45, 2.75) is 11.5 Å². The van der Waals surface area contributed by atoms with Crippen LogP contribution in [0.1, 0.15) is 15.9 Å². The lowest BCUT2D eigenvalue weighted by Gasteiger charge is -2.12. The number of benzene rings is 2. The molecule has 2 N–H and O–H groups in total. The molecule has 24 heavy (non-hydrogen) atoms. The van der Waals surface area contributed by atoms with Crippen LogP contribution in [0.15, 0.2) is 47.4 Å². The summed E-state index contributed by atoms with van der Waals surface area (Å²) >= 11 is 0. The first-order valence-electron chi connectivity index (χ1n) is 7.05. The van der Waals surface area contributed by atoms with Crippen LogP contribution in [-0.2, 0) is 21.3 Å². The van der Waals surface area contributed by atoms with E-state index in [4.69, 9.17) is 9.39 Å². The molecule has 0 saturated heterocycles. The van der Waals surface area contributed by atoms with Crippen LogP contribution >= 0.6 is 0 Å². The van der Waals surface area contributed by atoms with E-state index in [1.807, 2.05) is 4.72 Å². The van der Waals surface area contributed by atoms with E-state index in [1.165, 1.54) is 25.3 Å². The molecule has 1 aliphatic heterocycles. The van der Waals surface area contributed by atoms with Crippen molar-refractivity contribution in [2.75, 3.05) is 7.11 Å². The number of rotatable bonds is 4. The fourth-order valence-corrected chi connectivity index (χ4v) is 3.42. The maximum atomic E-state index is 12.4. The van der Waals surface area contributed by atoms with Gasteiger partial charge in [0.2, 0.25) is 0 Å². The molecule has 1 heterocycles. The minimum atomic E-state index is -4.01. The predicted octanol–water partition coefficient (Wildman–Crippen LogP) is 0.0316. The average molecular weight is 347 g/mol. The molecule has 1 aliphatic rings. The van der Waals surface area contributed by atoms with Crippen molar-refractivity contribution in [2.24, 2.45) is 0 Å². The van der Waals surface area contributed by atoms with E-state index < -0.39 is 23.0 Å². The van der Waals surface area contributed by atoms with E-state index in [-0.39, 0.29) is 22.8 Å². The van der Waals surface area contributed by atoms with E-state index in [0.29, 0.717) is 11.0 Å². The van der Waals surface area contributed by atoms with Crippen LogP contribution < -0.4 is 14.9 Å².